The molecule has 4 heteroatoms. The fourth-order valence-corrected chi connectivity index (χ4v) is 1.06. The summed E-state index contributed by atoms with van der Waals surface area (Å²) in [5, 5.41) is 2.72. The van der Waals surface area contributed by atoms with Gasteiger partial charge in [0.1, 0.15) is 5.82 Å². The van der Waals surface area contributed by atoms with Gasteiger partial charge >= 0.3 is 0 Å². The Balaban J connectivity index is 3.30. The van der Waals surface area contributed by atoms with E-state index in [1.807, 2.05) is 20.8 Å². The molecule has 0 spiro atoms. The Morgan fingerprint density at radius 3 is 2.21 bits per heavy atom. The quantitative estimate of drug-likeness (QED) is 0.750. The van der Waals surface area contributed by atoms with Crippen molar-refractivity contribution in [2.45, 2.75) is 33.1 Å². The first kappa shape index (κ1) is 10.9. The summed E-state index contributed by atoms with van der Waals surface area (Å²) in [6.07, 6.45) is 0. The van der Waals surface area contributed by atoms with E-state index in [-0.39, 0.29) is 17.1 Å². The third-order valence-electron chi connectivity index (χ3n) is 1.92. The Bertz CT molecular complexity index is 342. The van der Waals surface area contributed by atoms with E-state index in [1.54, 1.807) is 14.0 Å². The molecular weight excluding hydrogens is 181 g/mol. The van der Waals surface area contributed by atoms with Gasteiger partial charge in [0.05, 0.1) is 5.69 Å². The van der Waals surface area contributed by atoms with Crippen molar-refractivity contribution in [2.24, 2.45) is 0 Å². The summed E-state index contributed by atoms with van der Waals surface area (Å²) >= 11 is 0. The third-order valence-corrected chi connectivity index (χ3v) is 1.92. The van der Waals surface area contributed by atoms with Crippen LogP contribution in [0.2, 0.25) is 0 Å². The summed E-state index contributed by atoms with van der Waals surface area (Å²) in [5.41, 5.74) is 0.221. The van der Waals surface area contributed by atoms with Crippen LogP contribution in [0.3, 0.4) is 0 Å². The molecule has 0 aromatic carbocycles. The van der Waals surface area contributed by atoms with E-state index >= 15 is 0 Å². The van der Waals surface area contributed by atoms with Crippen LogP contribution in [-0.4, -0.2) is 17.0 Å². The standard InChI is InChI=1S/C10H16FN3/c1-6-7(11)8(12-5)14-9(13-6)10(2,3)4/h1-5H3,(H,12,13,14). The molecule has 0 aliphatic carbocycles. The van der Waals surface area contributed by atoms with Gasteiger partial charge in [-0.25, -0.2) is 14.4 Å². The van der Waals surface area contributed by atoms with E-state index in [9.17, 15) is 4.39 Å². The average molecular weight is 197 g/mol. The van der Waals surface area contributed by atoms with E-state index in [0.717, 1.165) is 0 Å². The molecule has 1 N–H and O–H groups in total. The molecule has 3 nitrogen and oxygen atoms in total. The van der Waals surface area contributed by atoms with Crippen molar-refractivity contribution in [1.82, 2.24) is 9.97 Å². The summed E-state index contributed by atoms with van der Waals surface area (Å²) < 4.78 is 13.4. The Kier molecular flexibility index (Phi) is 2.73. The monoisotopic (exact) mass is 197 g/mol. The van der Waals surface area contributed by atoms with E-state index in [2.05, 4.69) is 15.3 Å². The Labute approximate surface area is 83.8 Å². The van der Waals surface area contributed by atoms with Gasteiger partial charge in [0.25, 0.3) is 0 Å². The van der Waals surface area contributed by atoms with Gasteiger partial charge in [-0.1, -0.05) is 20.8 Å². The van der Waals surface area contributed by atoms with Crippen LogP contribution >= 0.6 is 0 Å². The molecule has 0 amide bonds. The third kappa shape index (κ3) is 2.00. The average Bonchev–Trinajstić information content (AvgIpc) is 2.07. The van der Waals surface area contributed by atoms with Crippen molar-refractivity contribution in [2.75, 3.05) is 12.4 Å². The highest BCUT2D eigenvalue weighted by molar-refractivity contribution is 5.38. The zero-order valence-corrected chi connectivity index (χ0v) is 9.27. The van der Waals surface area contributed by atoms with Gasteiger partial charge in [0.15, 0.2) is 11.6 Å². The highest BCUT2D eigenvalue weighted by Crippen LogP contribution is 2.22. The molecule has 0 aliphatic rings. The molecule has 1 aromatic heterocycles. The Hall–Kier alpha value is -1.19. The molecule has 0 fully saturated rings. The highest BCUT2D eigenvalue weighted by atomic mass is 19.1. The zero-order valence-electron chi connectivity index (χ0n) is 9.27. The highest BCUT2D eigenvalue weighted by Gasteiger charge is 2.20. The molecule has 0 atom stereocenters. The van der Waals surface area contributed by atoms with Crippen molar-refractivity contribution in [3.8, 4) is 0 Å². The molecule has 1 rings (SSSR count). The van der Waals surface area contributed by atoms with Gasteiger partial charge in [-0.2, -0.15) is 0 Å². The molecule has 0 saturated heterocycles. The van der Waals surface area contributed by atoms with Crippen LogP contribution in [0.5, 0.6) is 0 Å². The summed E-state index contributed by atoms with van der Waals surface area (Å²) in [5.74, 6) is 0.545. The lowest BCUT2D eigenvalue weighted by molar-refractivity contribution is 0.527. The number of rotatable bonds is 1. The van der Waals surface area contributed by atoms with Crippen LogP contribution in [0.25, 0.3) is 0 Å². The molecule has 1 aromatic rings. The van der Waals surface area contributed by atoms with Crippen molar-refractivity contribution >= 4 is 5.82 Å². The largest absolute Gasteiger partial charge is 0.371 e. The first-order valence-electron chi connectivity index (χ1n) is 4.58. The minimum atomic E-state index is -0.375. The SMILES string of the molecule is CNc1nc(C(C)(C)C)nc(C)c1F. The fourth-order valence-electron chi connectivity index (χ4n) is 1.06. The van der Waals surface area contributed by atoms with E-state index in [0.29, 0.717) is 11.5 Å². The molecule has 0 radical (unpaired) electrons. The van der Waals surface area contributed by atoms with E-state index in [1.165, 1.54) is 0 Å². The van der Waals surface area contributed by atoms with Crippen LogP contribution in [0.15, 0.2) is 0 Å². The molecule has 0 bridgehead atoms. The molecule has 0 saturated carbocycles. The number of nitrogens with zero attached hydrogens (tertiary/aromatic N) is 2. The van der Waals surface area contributed by atoms with Crippen molar-refractivity contribution in [1.29, 1.82) is 0 Å². The number of aromatic nitrogens is 2. The number of nitrogens with one attached hydrogen (secondary N) is 1. The van der Waals surface area contributed by atoms with Gasteiger partial charge in [0, 0.05) is 12.5 Å². The molecule has 0 aliphatic heterocycles. The van der Waals surface area contributed by atoms with Gasteiger partial charge in [0.2, 0.25) is 0 Å². The number of hydrogen-bond donors (Lipinski definition) is 1. The van der Waals surface area contributed by atoms with E-state index in [4.69, 9.17) is 0 Å². The van der Waals surface area contributed by atoms with Crippen molar-refractivity contribution in [3.05, 3.63) is 17.3 Å². The predicted molar refractivity (Wildman–Crippen MR) is 55.0 cm³/mol. The zero-order chi connectivity index (χ0) is 10.9. The Morgan fingerprint density at radius 1 is 1.21 bits per heavy atom. The number of anilines is 1. The fraction of sp³-hybridized carbons (Fsp3) is 0.600. The minimum Gasteiger partial charge on any atom is -0.371 e. The Morgan fingerprint density at radius 2 is 1.79 bits per heavy atom. The number of hydrogen-bond acceptors (Lipinski definition) is 3. The maximum absolute atomic E-state index is 13.4. The normalized spacial score (nSPS) is 11.6. The molecule has 78 valence electrons. The second kappa shape index (κ2) is 3.52. The molecule has 0 unspecified atom stereocenters. The van der Waals surface area contributed by atoms with Crippen LogP contribution < -0.4 is 5.32 Å². The lowest BCUT2D eigenvalue weighted by Gasteiger charge is -2.18. The van der Waals surface area contributed by atoms with Crippen LogP contribution in [0.4, 0.5) is 10.2 Å². The van der Waals surface area contributed by atoms with Crippen molar-refractivity contribution in [3.63, 3.8) is 0 Å². The molecular formula is C10H16FN3. The maximum atomic E-state index is 13.4. The lowest BCUT2D eigenvalue weighted by atomic mass is 9.95. The van der Waals surface area contributed by atoms with Gasteiger partial charge in [-0.15, -0.1) is 0 Å². The summed E-state index contributed by atoms with van der Waals surface area (Å²) in [6, 6.07) is 0. The predicted octanol–water partition coefficient (Wildman–Crippen LogP) is 2.26. The van der Waals surface area contributed by atoms with Gasteiger partial charge in [-0.3, -0.25) is 0 Å². The molecule has 1 heterocycles. The first-order chi connectivity index (χ1) is 6.36. The minimum absolute atomic E-state index is 0.163. The lowest BCUT2D eigenvalue weighted by Crippen LogP contribution is -2.18. The van der Waals surface area contributed by atoms with Crippen molar-refractivity contribution < 1.29 is 4.39 Å². The van der Waals surface area contributed by atoms with E-state index < -0.39 is 0 Å². The summed E-state index contributed by atoms with van der Waals surface area (Å²) in [6.45, 7) is 7.64. The number of halogens is 1. The van der Waals surface area contributed by atoms with Crippen LogP contribution in [0, 0.1) is 12.7 Å². The summed E-state index contributed by atoms with van der Waals surface area (Å²) in [7, 11) is 1.65. The van der Waals surface area contributed by atoms with Gasteiger partial charge < -0.3 is 5.32 Å². The summed E-state index contributed by atoms with van der Waals surface area (Å²) in [4.78, 5) is 8.25. The topological polar surface area (TPSA) is 37.8 Å². The molecule has 14 heavy (non-hydrogen) atoms. The second-order valence-electron chi connectivity index (χ2n) is 4.30. The van der Waals surface area contributed by atoms with Crippen LogP contribution in [0.1, 0.15) is 32.3 Å². The van der Waals surface area contributed by atoms with Crippen LogP contribution in [-0.2, 0) is 5.41 Å². The smallest absolute Gasteiger partial charge is 0.186 e. The first-order valence-corrected chi connectivity index (χ1v) is 4.58. The number of aryl methyl sites for hydroxylation is 1. The maximum Gasteiger partial charge on any atom is 0.186 e. The second-order valence-corrected chi connectivity index (χ2v) is 4.30. The van der Waals surface area contributed by atoms with Gasteiger partial charge in [-0.05, 0) is 6.92 Å².